The SMILES string of the molecule is CCCC(COC)N(C)C(C)C. The molecule has 0 rings (SSSR count). The lowest BCUT2D eigenvalue weighted by molar-refractivity contribution is 0.0835. The van der Waals surface area contributed by atoms with Gasteiger partial charge in [-0.15, -0.1) is 0 Å². The summed E-state index contributed by atoms with van der Waals surface area (Å²) in [6.07, 6.45) is 2.45. The largest absolute Gasteiger partial charge is 0.383 e. The van der Waals surface area contributed by atoms with Gasteiger partial charge in [0.1, 0.15) is 0 Å². The van der Waals surface area contributed by atoms with Crippen molar-refractivity contribution in [2.75, 3.05) is 20.8 Å². The molecule has 0 bridgehead atoms. The van der Waals surface area contributed by atoms with Crippen LogP contribution in [0.15, 0.2) is 0 Å². The summed E-state index contributed by atoms with van der Waals surface area (Å²) >= 11 is 0. The summed E-state index contributed by atoms with van der Waals surface area (Å²) in [5.74, 6) is 0. The van der Waals surface area contributed by atoms with Crippen LogP contribution in [0.4, 0.5) is 0 Å². The normalized spacial score (nSPS) is 14.2. The van der Waals surface area contributed by atoms with E-state index in [1.165, 1.54) is 12.8 Å². The molecule has 12 heavy (non-hydrogen) atoms. The average Bonchev–Trinajstić information content (AvgIpc) is 2.03. The fourth-order valence-corrected chi connectivity index (χ4v) is 1.35. The van der Waals surface area contributed by atoms with Crippen LogP contribution in [0.2, 0.25) is 0 Å². The molecule has 0 aliphatic rings. The van der Waals surface area contributed by atoms with Crippen molar-refractivity contribution in [3.05, 3.63) is 0 Å². The topological polar surface area (TPSA) is 12.5 Å². The fourth-order valence-electron chi connectivity index (χ4n) is 1.35. The van der Waals surface area contributed by atoms with E-state index in [9.17, 15) is 0 Å². The molecule has 0 aromatic rings. The lowest BCUT2D eigenvalue weighted by Gasteiger charge is -2.30. The number of methoxy groups -OCH3 is 1. The van der Waals surface area contributed by atoms with Crippen LogP contribution in [-0.2, 0) is 4.74 Å². The molecule has 0 amide bonds. The molecular formula is C10H23NO. The van der Waals surface area contributed by atoms with Crippen molar-refractivity contribution in [3.63, 3.8) is 0 Å². The highest BCUT2D eigenvalue weighted by atomic mass is 16.5. The molecule has 1 unspecified atom stereocenters. The van der Waals surface area contributed by atoms with Crippen molar-refractivity contribution >= 4 is 0 Å². The molecule has 0 aromatic heterocycles. The van der Waals surface area contributed by atoms with Crippen molar-refractivity contribution in [1.82, 2.24) is 4.90 Å². The summed E-state index contributed by atoms with van der Waals surface area (Å²) in [4.78, 5) is 2.38. The van der Waals surface area contributed by atoms with Crippen LogP contribution in [0.1, 0.15) is 33.6 Å². The fraction of sp³-hybridized carbons (Fsp3) is 1.00. The van der Waals surface area contributed by atoms with Gasteiger partial charge in [-0.25, -0.2) is 0 Å². The highest BCUT2D eigenvalue weighted by Crippen LogP contribution is 2.08. The minimum absolute atomic E-state index is 0.583. The van der Waals surface area contributed by atoms with Gasteiger partial charge in [0, 0.05) is 19.2 Å². The highest BCUT2D eigenvalue weighted by Gasteiger charge is 2.15. The van der Waals surface area contributed by atoms with Gasteiger partial charge in [0.15, 0.2) is 0 Å². The van der Waals surface area contributed by atoms with Gasteiger partial charge in [0.2, 0.25) is 0 Å². The molecule has 0 aliphatic carbocycles. The van der Waals surface area contributed by atoms with Crippen LogP contribution in [0.25, 0.3) is 0 Å². The van der Waals surface area contributed by atoms with E-state index < -0.39 is 0 Å². The Balaban J connectivity index is 3.89. The number of hydrogen-bond acceptors (Lipinski definition) is 2. The first-order valence-corrected chi connectivity index (χ1v) is 4.84. The molecule has 0 N–H and O–H groups in total. The maximum atomic E-state index is 5.19. The van der Waals surface area contributed by atoms with Crippen LogP contribution in [0.5, 0.6) is 0 Å². The van der Waals surface area contributed by atoms with Crippen LogP contribution < -0.4 is 0 Å². The quantitative estimate of drug-likeness (QED) is 0.610. The number of rotatable bonds is 6. The second kappa shape index (κ2) is 6.44. The minimum atomic E-state index is 0.583. The summed E-state index contributed by atoms with van der Waals surface area (Å²) in [5.41, 5.74) is 0. The molecule has 0 aliphatic heterocycles. The smallest absolute Gasteiger partial charge is 0.0618 e. The third-order valence-electron chi connectivity index (χ3n) is 2.37. The zero-order valence-corrected chi connectivity index (χ0v) is 9.13. The van der Waals surface area contributed by atoms with Crippen LogP contribution in [-0.4, -0.2) is 37.7 Å². The lowest BCUT2D eigenvalue weighted by Crippen LogP contribution is -2.39. The van der Waals surface area contributed by atoms with Gasteiger partial charge < -0.3 is 4.74 Å². The molecule has 2 nitrogen and oxygen atoms in total. The van der Waals surface area contributed by atoms with Gasteiger partial charge in [-0.2, -0.15) is 0 Å². The Labute approximate surface area is 76.9 Å². The maximum Gasteiger partial charge on any atom is 0.0618 e. The van der Waals surface area contributed by atoms with E-state index in [0.717, 1.165) is 6.61 Å². The van der Waals surface area contributed by atoms with Crippen LogP contribution >= 0.6 is 0 Å². The van der Waals surface area contributed by atoms with E-state index in [1.807, 2.05) is 0 Å². The molecule has 1 atom stereocenters. The van der Waals surface area contributed by atoms with E-state index in [4.69, 9.17) is 4.74 Å². The third-order valence-corrected chi connectivity index (χ3v) is 2.37. The van der Waals surface area contributed by atoms with Crippen LogP contribution in [0.3, 0.4) is 0 Å². The zero-order chi connectivity index (χ0) is 9.56. The van der Waals surface area contributed by atoms with E-state index in [2.05, 4.69) is 32.7 Å². The number of hydrogen-bond donors (Lipinski definition) is 0. The molecular weight excluding hydrogens is 150 g/mol. The average molecular weight is 173 g/mol. The van der Waals surface area contributed by atoms with E-state index >= 15 is 0 Å². The standard InChI is InChI=1S/C10H23NO/c1-6-7-10(8-12-5)11(4)9(2)3/h9-10H,6-8H2,1-5H3. The first-order chi connectivity index (χ1) is 5.63. The lowest BCUT2D eigenvalue weighted by atomic mass is 10.1. The van der Waals surface area contributed by atoms with Crippen LogP contribution in [0, 0.1) is 0 Å². The minimum Gasteiger partial charge on any atom is -0.383 e. The van der Waals surface area contributed by atoms with Gasteiger partial charge >= 0.3 is 0 Å². The number of nitrogens with zero attached hydrogens (tertiary/aromatic N) is 1. The highest BCUT2D eigenvalue weighted by molar-refractivity contribution is 4.70. The van der Waals surface area contributed by atoms with E-state index in [1.54, 1.807) is 7.11 Å². The number of ether oxygens (including phenoxy) is 1. The molecule has 74 valence electrons. The van der Waals surface area contributed by atoms with Gasteiger partial charge in [-0.3, -0.25) is 4.90 Å². The van der Waals surface area contributed by atoms with E-state index in [-0.39, 0.29) is 0 Å². The molecule has 0 saturated carbocycles. The molecule has 0 radical (unpaired) electrons. The Kier molecular flexibility index (Phi) is 6.39. The van der Waals surface area contributed by atoms with Crippen molar-refractivity contribution in [1.29, 1.82) is 0 Å². The van der Waals surface area contributed by atoms with Crippen molar-refractivity contribution in [3.8, 4) is 0 Å². The van der Waals surface area contributed by atoms with Crippen molar-refractivity contribution in [2.24, 2.45) is 0 Å². The molecule has 0 spiro atoms. The Morgan fingerprint density at radius 1 is 1.33 bits per heavy atom. The monoisotopic (exact) mass is 173 g/mol. The van der Waals surface area contributed by atoms with Gasteiger partial charge in [-0.1, -0.05) is 13.3 Å². The molecule has 0 aromatic carbocycles. The molecule has 0 fully saturated rings. The second-order valence-electron chi connectivity index (χ2n) is 3.66. The predicted octanol–water partition coefficient (Wildman–Crippen LogP) is 2.14. The van der Waals surface area contributed by atoms with Gasteiger partial charge in [-0.05, 0) is 27.3 Å². The summed E-state index contributed by atoms with van der Waals surface area (Å²) in [7, 11) is 3.95. The first-order valence-electron chi connectivity index (χ1n) is 4.84. The Hall–Kier alpha value is -0.0800. The van der Waals surface area contributed by atoms with E-state index in [0.29, 0.717) is 12.1 Å². The summed E-state index contributed by atoms with van der Waals surface area (Å²) in [6, 6.07) is 1.19. The first kappa shape index (κ1) is 11.9. The second-order valence-corrected chi connectivity index (χ2v) is 3.66. The third kappa shape index (κ3) is 4.07. The van der Waals surface area contributed by atoms with Gasteiger partial charge in [0.25, 0.3) is 0 Å². The predicted molar refractivity (Wildman–Crippen MR) is 53.5 cm³/mol. The van der Waals surface area contributed by atoms with Crippen molar-refractivity contribution < 1.29 is 4.74 Å². The van der Waals surface area contributed by atoms with Gasteiger partial charge in [0.05, 0.1) is 6.61 Å². The Bertz CT molecular complexity index is 98.0. The zero-order valence-electron chi connectivity index (χ0n) is 9.13. The summed E-state index contributed by atoms with van der Waals surface area (Å²) in [6.45, 7) is 7.51. The number of likely N-dealkylation sites (N-methyl/N-ethyl adjacent to an activating group) is 1. The summed E-state index contributed by atoms with van der Waals surface area (Å²) < 4.78 is 5.19. The maximum absolute atomic E-state index is 5.19. The Morgan fingerprint density at radius 2 is 1.92 bits per heavy atom. The summed E-state index contributed by atoms with van der Waals surface area (Å²) in [5, 5.41) is 0. The Morgan fingerprint density at radius 3 is 2.25 bits per heavy atom. The molecule has 0 heterocycles. The molecule has 0 saturated heterocycles. The van der Waals surface area contributed by atoms with Crippen molar-refractivity contribution in [2.45, 2.75) is 45.7 Å². The molecule has 2 heteroatoms.